The number of amides is 2. The van der Waals surface area contributed by atoms with Gasteiger partial charge in [-0.2, -0.15) is 0 Å². The molecule has 0 saturated carbocycles. The molecule has 0 radical (unpaired) electrons. The normalized spacial score (nSPS) is 10.5. The molecule has 2 amide bonds. The molecule has 0 bridgehead atoms. The van der Waals surface area contributed by atoms with Gasteiger partial charge in [0.2, 0.25) is 5.91 Å². The monoisotopic (exact) mass is 444 g/mol. The summed E-state index contributed by atoms with van der Waals surface area (Å²) in [6, 6.07) is 20.8. The summed E-state index contributed by atoms with van der Waals surface area (Å²) in [5.74, 6) is -0.209. The number of hydrogen-bond acceptors (Lipinski definition) is 5. The Hall–Kier alpha value is -4.66. The van der Waals surface area contributed by atoms with Crippen LogP contribution in [-0.2, 0) is 11.4 Å². The summed E-state index contributed by atoms with van der Waals surface area (Å²) in [6.45, 7) is 0.0521. The third-order valence-electron chi connectivity index (χ3n) is 4.87. The van der Waals surface area contributed by atoms with Crippen LogP contribution in [0.15, 0.2) is 82.4 Å². The van der Waals surface area contributed by atoms with Gasteiger partial charge < -0.3 is 15.4 Å². The largest absolute Gasteiger partial charge is 0.489 e. The maximum Gasteiger partial charge on any atom is 0.272 e. The van der Waals surface area contributed by atoms with Crippen LogP contribution >= 0.6 is 0 Å². The van der Waals surface area contributed by atoms with Crippen molar-refractivity contribution in [2.45, 2.75) is 6.61 Å². The molecule has 1 heterocycles. The van der Waals surface area contributed by atoms with Gasteiger partial charge in [0.25, 0.3) is 17.0 Å². The molecule has 3 aromatic carbocycles. The molecule has 4 rings (SSSR count). The molecule has 4 N–H and O–H groups in total. The summed E-state index contributed by atoms with van der Waals surface area (Å²) in [4.78, 5) is 48.7. The van der Waals surface area contributed by atoms with Crippen LogP contribution in [0.25, 0.3) is 10.8 Å². The predicted molar refractivity (Wildman–Crippen MR) is 123 cm³/mol. The van der Waals surface area contributed by atoms with Crippen molar-refractivity contribution >= 4 is 28.3 Å². The van der Waals surface area contributed by atoms with Crippen molar-refractivity contribution in [3.05, 3.63) is 105 Å². The number of aromatic amines is 2. The number of H-pyrrole nitrogens is 2. The summed E-state index contributed by atoms with van der Waals surface area (Å²) in [5, 5.41) is 9.77. The molecule has 33 heavy (non-hydrogen) atoms. The van der Waals surface area contributed by atoms with E-state index in [-0.39, 0.29) is 23.0 Å². The first-order valence-corrected chi connectivity index (χ1v) is 10.1. The number of para-hydroxylation sites is 1. The zero-order chi connectivity index (χ0) is 23.2. The number of benzene rings is 3. The van der Waals surface area contributed by atoms with E-state index in [1.807, 2.05) is 30.3 Å². The van der Waals surface area contributed by atoms with Gasteiger partial charge in [0.1, 0.15) is 12.4 Å². The molecular formula is C24H20N4O5. The van der Waals surface area contributed by atoms with Crippen molar-refractivity contribution < 1.29 is 14.3 Å². The van der Waals surface area contributed by atoms with Gasteiger partial charge in [-0.1, -0.05) is 36.4 Å². The van der Waals surface area contributed by atoms with E-state index in [0.29, 0.717) is 12.2 Å². The molecular weight excluding hydrogens is 424 g/mol. The number of nitrogens with one attached hydrogen (secondary N) is 4. The second-order valence-electron chi connectivity index (χ2n) is 7.17. The number of carbonyl (C=O) groups excluding carboxylic acids is 2. The smallest absolute Gasteiger partial charge is 0.272 e. The van der Waals surface area contributed by atoms with E-state index in [4.69, 9.17) is 4.74 Å². The lowest BCUT2D eigenvalue weighted by Crippen LogP contribution is -2.33. The Kier molecular flexibility index (Phi) is 6.31. The number of fused-ring (bicyclic) bond motifs is 1. The van der Waals surface area contributed by atoms with Crippen molar-refractivity contribution in [1.82, 2.24) is 15.5 Å². The highest BCUT2D eigenvalue weighted by atomic mass is 16.5. The summed E-state index contributed by atoms with van der Waals surface area (Å²) >= 11 is 0. The lowest BCUT2D eigenvalue weighted by molar-refractivity contribution is -0.115. The highest BCUT2D eigenvalue weighted by Gasteiger charge is 2.12. The highest BCUT2D eigenvalue weighted by molar-refractivity contribution is 6.04. The molecule has 0 saturated heterocycles. The van der Waals surface area contributed by atoms with Crippen LogP contribution in [0, 0.1) is 0 Å². The lowest BCUT2D eigenvalue weighted by atomic mass is 10.1. The van der Waals surface area contributed by atoms with Crippen molar-refractivity contribution in [3.63, 3.8) is 0 Å². The van der Waals surface area contributed by atoms with Crippen LogP contribution < -0.4 is 26.5 Å². The molecule has 0 atom stereocenters. The molecule has 0 fully saturated rings. The molecule has 0 aliphatic rings. The molecule has 9 heteroatoms. The average Bonchev–Trinajstić information content (AvgIpc) is 2.84. The predicted octanol–water partition coefficient (Wildman–Crippen LogP) is 2.16. The van der Waals surface area contributed by atoms with E-state index in [1.54, 1.807) is 30.3 Å². The first-order chi connectivity index (χ1) is 16.0. The Morgan fingerprint density at radius 2 is 1.55 bits per heavy atom. The summed E-state index contributed by atoms with van der Waals surface area (Å²) < 4.78 is 5.67. The van der Waals surface area contributed by atoms with Crippen LogP contribution in [0.3, 0.4) is 0 Å². The van der Waals surface area contributed by atoms with Gasteiger partial charge in [0.15, 0.2) is 0 Å². The lowest BCUT2D eigenvalue weighted by Gasteiger charge is -2.09. The first kappa shape index (κ1) is 21.6. The van der Waals surface area contributed by atoms with Crippen LogP contribution in [0.5, 0.6) is 5.75 Å². The molecule has 1 aromatic heterocycles. The standard InChI is InChI=1S/C24H20N4O5/c29-20(26-19-8-4-7-18-21(19)24(32)28-27-23(18)31)13-25-22(30)16-11-9-15(10-12-16)14-33-17-5-2-1-3-6-17/h1-12H,13-14H2,(H,25,30)(H,26,29)(H,27,31)(H,28,32). The first-order valence-electron chi connectivity index (χ1n) is 10.1. The molecule has 0 spiro atoms. The minimum atomic E-state index is -0.541. The molecule has 9 nitrogen and oxygen atoms in total. The number of rotatable bonds is 7. The average molecular weight is 444 g/mol. The van der Waals surface area contributed by atoms with Crippen LogP contribution in [0.2, 0.25) is 0 Å². The van der Waals surface area contributed by atoms with Gasteiger partial charge in [0, 0.05) is 5.56 Å². The molecule has 4 aromatic rings. The minimum absolute atomic E-state index is 0.0641. The second kappa shape index (κ2) is 9.65. The van der Waals surface area contributed by atoms with Gasteiger partial charge in [-0.15, -0.1) is 0 Å². The fourth-order valence-corrected chi connectivity index (χ4v) is 3.23. The second-order valence-corrected chi connectivity index (χ2v) is 7.17. The molecule has 0 aliphatic carbocycles. The Bertz CT molecular complexity index is 1410. The summed E-state index contributed by atoms with van der Waals surface area (Å²) in [6.07, 6.45) is 0. The van der Waals surface area contributed by atoms with Gasteiger partial charge >= 0.3 is 0 Å². The Labute approximate surface area is 187 Å². The Morgan fingerprint density at radius 3 is 2.30 bits per heavy atom. The van der Waals surface area contributed by atoms with Crippen LogP contribution in [0.1, 0.15) is 15.9 Å². The van der Waals surface area contributed by atoms with Gasteiger partial charge in [0.05, 0.1) is 23.0 Å². The van der Waals surface area contributed by atoms with E-state index in [2.05, 4.69) is 20.8 Å². The van der Waals surface area contributed by atoms with Crippen molar-refractivity contribution in [2.24, 2.45) is 0 Å². The van der Waals surface area contributed by atoms with Gasteiger partial charge in [-0.05, 0) is 42.0 Å². The van der Waals surface area contributed by atoms with E-state index < -0.39 is 22.9 Å². The third kappa shape index (κ3) is 5.16. The number of hydrogen-bond donors (Lipinski definition) is 4. The number of aromatic nitrogens is 2. The zero-order valence-electron chi connectivity index (χ0n) is 17.4. The van der Waals surface area contributed by atoms with Crippen LogP contribution in [0.4, 0.5) is 5.69 Å². The van der Waals surface area contributed by atoms with Crippen LogP contribution in [-0.4, -0.2) is 28.6 Å². The van der Waals surface area contributed by atoms with E-state index >= 15 is 0 Å². The van der Waals surface area contributed by atoms with Crippen molar-refractivity contribution in [2.75, 3.05) is 11.9 Å². The molecule has 166 valence electrons. The van der Waals surface area contributed by atoms with Crippen molar-refractivity contribution in [3.8, 4) is 5.75 Å². The maximum absolute atomic E-state index is 12.4. The van der Waals surface area contributed by atoms with Gasteiger partial charge in [-0.3, -0.25) is 29.4 Å². The number of carbonyl (C=O) groups is 2. The summed E-state index contributed by atoms with van der Waals surface area (Å²) in [5.41, 5.74) is 0.443. The summed E-state index contributed by atoms with van der Waals surface area (Å²) in [7, 11) is 0. The van der Waals surface area contributed by atoms with E-state index in [0.717, 1.165) is 11.3 Å². The maximum atomic E-state index is 12.4. The SMILES string of the molecule is O=C(CNC(=O)c1ccc(COc2ccccc2)cc1)Nc1cccc2c(=O)[nH][nH]c(=O)c12. The number of ether oxygens (including phenoxy) is 1. The zero-order valence-corrected chi connectivity index (χ0v) is 17.4. The quantitative estimate of drug-likeness (QED) is 0.347. The number of anilines is 1. The Balaban J connectivity index is 1.34. The van der Waals surface area contributed by atoms with Crippen molar-refractivity contribution in [1.29, 1.82) is 0 Å². The third-order valence-corrected chi connectivity index (χ3v) is 4.87. The topological polar surface area (TPSA) is 133 Å². The molecule has 0 aliphatic heterocycles. The van der Waals surface area contributed by atoms with E-state index in [1.165, 1.54) is 12.1 Å². The van der Waals surface area contributed by atoms with Gasteiger partial charge in [-0.25, -0.2) is 0 Å². The fraction of sp³-hybridized carbons (Fsp3) is 0.0833. The van der Waals surface area contributed by atoms with E-state index in [9.17, 15) is 19.2 Å². The molecule has 0 unspecified atom stereocenters. The Morgan fingerprint density at radius 1 is 0.818 bits per heavy atom. The highest BCUT2D eigenvalue weighted by Crippen LogP contribution is 2.16. The minimum Gasteiger partial charge on any atom is -0.489 e. The fourth-order valence-electron chi connectivity index (χ4n) is 3.23.